The van der Waals surface area contributed by atoms with E-state index in [1.54, 1.807) is 6.92 Å². The zero-order valence-electron chi connectivity index (χ0n) is 8.41. The summed E-state index contributed by atoms with van der Waals surface area (Å²) in [4.78, 5) is 0. The van der Waals surface area contributed by atoms with Crippen LogP contribution in [0, 0.1) is 29.6 Å². The summed E-state index contributed by atoms with van der Waals surface area (Å²) in [5.74, 6) is 0. The van der Waals surface area contributed by atoms with Gasteiger partial charge in [-0.05, 0) is 19.4 Å². The Morgan fingerprint density at radius 2 is 2.07 bits per heavy atom. The molecule has 0 heterocycles. The first-order valence-electron chi connectivity index (χ1n) is 4.48. The van der Waals surface area contributed by atoms with Crippen molar-refractivity contribution in [3.63, 3.8) is 0 Å². The highest BCUT2D eigenvalue weighted by atomic mass is 14.4. The zero-order valence-corrected chi connectivity index (χ0v) is 8.41. The fourth-order valence-electron chi connectivity index (χ4n) is 1.35. The van der Waals surface area contributed by atoms with Gasteiger partial charge < -0.3 is 0 Å². The highest BCUT2D eigenvalue weighted by Gasteiger charge is 2.25. The Kier molecular flexibility index (Phi) is 2.89. The largest absolute Gasteiger partial charge is 0.198 e. The molecule has 1 aromatic rings. The van der Waals surface area contributed by atoms with Crippen molar-refractivity contribution in [2.45, 2.75) is 25.7 Å². The van der Waals surface area contributed by atoms with Crippen LogP contribution < -0.4 is 0 Å². The molecule has 0 saturated heterocycles. The van der Waals surface area contributed by atoms with Crippen molar-refractivity contribution >= 4 is 0 Å². The fraction of sp³-hybridized carbons (Fsp3) is 0.333. The Bertz CT molecular complexity index is 409. The monoisotopic (exact) mass is 184 g/mol. The summed E-state index contributed by atoms with van der Waals surface area (Å²) in [6.07, 6.45) is 0.229. The molecule has 0 aromatic heterocycles. The molecule has 1 atom stereocenters. The van der Waals surface area contributed by atoms with Gasteiger partial charge in [0.25, 0.3) is 0 Å². The lowest BCUT2D eigenvalue weighted by Crippen LogP contribution is -2.18. The minimum absolute atomic E-state index is 0.229. The highest BCUT2D eigenvalue weighted by Crippen LogP contribution is 2.26. The second kappa shape index (κ2) is 3.94. The van der Waals surface area contributed by atoms with E-state index in [1.807, 2.05) is 31.2 Å². The Balaban J connectivity index is 3.15. The standard InChI is InChI=1S/C12H12N2/c1-10-4-3-5-11(8-10)12(2,9-14)6-7-13/h3-5,8H,6H2,1-2H3. The lowest BCUT2D eigenvalue weighted by atomic mass is 9.81. The van der Waals surface area contributed by atoms with Crippen LogP contribution in [0.5, 0.6) is 0 Å². The summed E-state index contributed by atoms with van der Waals surface area (Å²) < 4.78 is 0. The number of hydrogen-bond donors (Lipinski definition) is 0. The molecule has 0 aliphatic heterocycles. The van der Waals surface area contributed by atoms with Gasteiger partial charge in [-0.2, -0.15) is 10.5 Å². The van der Waals surface area contributed by atoms with Crippen molar-refractivity contribution in [3.05, 3.63) is 35.4 Å². The molecule has 2 nitrogen and oxygen atoms in total. The van der Waals surface area contributed by atoms with Crippen LogP contribution in [-0.4, -0.2) is 0 Å². The third-order valence-corrected chi connectivity index (χ3v) is 2.33. The molecule has 14 heavy (non-hydrogen) atoms. The summed E-state index contributed by atoms with van der Waals surface area (Å²) >= 11 is 0. The number of hydrogen-bond acceptors (Lipinski definition) is 2. The summed E-state index contributed by atoms with van der Waals surface area (Å²) in [6.45, 7) is 3.78. The number of nitriles is 2. The van der Waals surface area contributed by atoms with Crippen LogP contribution in [0.4, 0.5) is 0 Å². The predicted molar refractivity (Wildman–Crippen MR) is 54.4 cm³/mol. The molecule has 0 N–H and O–H groups in total. The average Bonchev–Trinajstić information content (AvgIpc) is 2.18. The second-order valence-corrected chi connectivity index (χ2v) is 3.65. The Morgan fingerprint density at radius 1 is 1.36 bits per heavy atom. The van der Waals surface area contributed by atoms with Crippen LogP contribution in [0.2, 0.25) is 0 Å². The lowest BCUT2D eigenvalue weighted by molar-refractivity contribution is 0.627. The van der Waals surface area contributed by atoms with Gasteiger partial charge in [0.05, 0.1) is 24.0 Å². The summed E-state index contributed by atoms with van der Waals surface area (Å²) in [6, 6.07) is 12.0. The number of benzene rings is 1. The molecule has 0 aliphatic carbocycles. The molecule has 1 aromatic carbocycles. The highest BCUT2D eigenvalue weighted by molar-refractivity contribution is 5.35. The zero-order chi connectivity index (χ0) is 10.6. The van der Waals surface area contributed by atoms with Gasteiger partial charge in [0, 0.05) is 0 Å². The number of aryl methyl sites for hydroxylation is 1. The first-order valence-corrected chi connectivity index (χ1v) is 4.48. The van der Waals surface area contributed by atoms with Crippen LogP contribution in [0.3, 0.4) is 0 Å². The third kappa shape index (κ3) is 1.92. The summed E-state index contributed by atoms with van der Waals surface area (Å²) in [7, 11) is 0. The Labute approximate surface area is 84.4 Å². The average molecular weight is 184 g/mol. The molecule has 1 unspecified atom stereocenters. The Morgan fingerprint density at radius 3 is 2.57 bits per heavy atom. The normalized spacial score (nSPS) is 13.7. The molecule has 0 bridgehead atoms. The van der Waals surface area contributed by atoms with Crippen LogP contribution in [-0.2, 0) is 5.41 Å². The molecule has 0 fully saturated rings. The molecule has 0 saturated carbocycles. The summed E-state index contributed by atoms with van der Waals surface area (Å²) in [5.41, 5.74) is 1.35. The maximum Gasteiger partial charge on any atom is 0.0923 e. The van der Waals surface area contributed by atoms with Crippen molar-refractivity contribution in [1.82, 2.24) is 0 Å². The number of nitrogens with zero attached hydrogens (tertiary/aromatic N) is 2. The lowest BCUT2D eigenvalue weighted by Gasteiger charge is -2.18. The molecule has 1 rings (SSSR count). The molecular formula is C12H12N2. The molecule has 2 heteroatoms. The third-order valence-electron chi connectivity index (χ3n) is 2.33. The molecule has 0 radical (unpaired) electrons. The van der Waals surface area contributed by atoms with Crippen LogP contribution in [0.15, 0.2) is 24.3 Å². The quantitative estimate of drug-likeness (QED) is 0.709. The van der Waals surface area contributed by atoms with E-state index in [0.29, 0.717) is 0 Å². The van der Waals surface area contributed by atoms with E-state index in [9.17, 15) is 0 Å². The smallest absolute Gasteiger partial charge is 0.0923 e. The van der Waals surface area contributed by atoms with Crippen molar-refractivity contribution in [2.75, 3.05) is 0 Å². The van der Waals surface area contributed by atoms with Gasteiger partial charge >= 0.3 is 0 Å². The molecule has 70 valence electrons. The van der Waals surface area contributed by atoms with E-state index in [0.717, 1.165) is 11.1 Å². The van der Waals surface area contributed by atoms with Crippen molar-refractivity contribution in [1.29, 1.82) is 10.5 Å². The SMILES string of the molecule is Cc1cccc(C(C)(C#N)CC#N)c1. The van der Waals surface area contributed by atoms with Gasteiger partial charge in [0.2, 0.25) is 0 Å². The topological polar surface area (TPSA) is 47.6 Å². The van der Waals surface area contributed by atoms with Gasteiger partial charge in [-0.3, -0.25) is 0 Å². The Hall–Kier alpha value is -1.80. The van der Waals surface area contributed by atoms with E-state index < -0.39 is 5.41 Å². The van der Waals surface area contributed by atoms with Crippen molar-refractivity contribution in [2.24, 2.45) is 0 Å². The fourth-order valence-corrected chi connectivity index (χ4v) is 1.35. The van der Waals surface area contributed by atoms with E-state index in [4.69, 9.17) is 10.5 Å². The maximum atomic E-state index is 9.06. The minimum atomic E-state index is -0.680. The van der Waals surface area contributed by atoms with E-state index in [2.05, 4.69) is 12.1 Å². The number of rotatable bonds is 2. The van der Waals surface area contributed by atoms with Crippen molar-refractivity contribution in [3.8, 4) is 12.1 Å². The van der Waals surface area contributed by atoms with E-state index in [-0.39, 0.29) is 6.42 Å². The molecule has 0 amide bonds. The van der Waals surface area contributed by atoms with Gasteiger partial charge in [0.15, 0.2) is 0 Å². The van der Waals surface area contributed by atoms with Gasteiger partial charge in [-0.15, -0.1) is 0 Å². The van der Waals surface area contributed by atoms with Crippen LogP contribution in [0.25, 0.3) is 0 Å². The molecular weight excluding hydrogens is 172 g/mol. The van der Waals surface area contributed by atoms with E-state index in [1.165, 1.54) is 0 Å². The first kappa shape index (κ1) is 10.3. The van der Waals surface area contributed by atoms with Crippen LogP contribution in [0.1, 0.15) is 24.5 Å². The van der Waals surface area contributed by atoms with Crippen LogP contribution >= 0.6 is 0 Å². The minimum Gasteiger partial charge on any atom is -0.198 e. The second-order valence-electron chi connectivity index (χ2n) is 3.65. The first-order chi connectivity index (χ1) is 6.62. The predicted octanol–water partition coefficient (Wildman–Crippen LogP) is 2.69. The van der Waals surface area contributed by atoms with E-state index >= 15 is 0 Å². The molecule has 0 aliphatic rings. The maximum absolute atomic E-state index is 9.06. The van der Waals surface area contributed by atoms with Gasteiger partial charge in [0.1, 0.15) is 0 Å². The van der Waals surface area contributed by atoms with Gasteiger partial charge in [-0.1, -0.05) is 29.8 Å². The van der Waals surface area contributed by atoms with Gasteiger partial charge in [-0.25, -0.2) is 0 Å². The van der Waals surface area contributed by atoms with Crippen molar-refractivity contribution < 1.29 is 0 Å². The molecule has 0 spiro atoms. The summed E-state index contributed by atoms with van der Waals surface area (Å²) in [5, 5.41) is 17.7.